The molecule has 0 bridgehead atoms. The maximum absolute atomic E-state index is 5.91. The number of hydrogen-bond donors (Lipinski definition) is 1. The maximum atomic E-state index is 5.91. The van der Waals surface area contributed by atoms with Crippen LogP contribution in [-0.4, -0.2) is 25.6 Å². The number of hydrogen-bond acceptors (Lipinski definition) is 4. The first-order chi connectivity index (χ1) is 7.84. The fourth-order valence-corrected chi connectivity index (χ4v) is 2.42. The summed E-state index contributed by atoms with van der Waals surface area (Å²) >= 11 is 0. The van der Waals surface area contributed by atoms with Crippen LogP contribution in [0.15, 0.2) is 18.6 Å². The quantitative estimate of drug-likeness (QED) is 0.776. The van der Waals surface area contributed by atoms with E-state index in [0.717, 1.165) is 37.2 Å². The third-order valence-electron chi connectivity index (χ3n) is 3.38. The summed E-state index contributed by atoms with van der Waals surface area (Å²) in [6.07, 6.45) is 7.91. The molecule has 84 valence electrons. The molecule has 1 fully saturated rings. The molecule has 1 aliphatic rings. The Hall–Kier alpha value is -1.49. The van der Waals surface area contributed by atoms with Crippen LogP contribution in [0.2, 0.25) is 0 Å². The third kappa shape index (κ3) is 1.57. The van der Waals surface area contributed by atoms with Crippen molar-refractivity contribution in [1.29, 1.82) is 0 Å². The number of fused-ring (bicyclic) bond motifs is 1. The van der Waals surface area contributed by atoms with Crippen LogP contribution in [0.4, 0.5) is 0 Å². The fraction of sp³-hybridized carbons (Fsp3) is 0.545. The van der Waals surface area contributed by atoms with E-state index in [-0.39, 0.29) is 0 Å². The molecular weight excluding hydrogens is 202 g/mol. The summed E-state index contributed by atoms with van der Waals surface area (Å²) in [5.41, 5.74) is 6.78. The van der Waals surface area contributed by atoms with Crippen LogP contribution in [0.1, 0.15) is 37.4 Å². The highest BCUT2D eigenvalue weighted by atomic mass is 15.3. The Bertz CT molecular complexity index is 484. The fourth-order valence-electron chi connectivity index (χ4n) is 2.42. The van der Waals surface area contributed by atoms with E-state index < -0.39 is 0 Å². The monoisotopic (exact) mass is 217 g/mol. The lowest BCUT2D eigenvalue weighted by atomic mass is 9.86. The van der Waals surface area contributed by atoms with Crippen LogP contribution in [0.5, 0.6) is 0 Å². The Morgan fingerprint density at radius 3 is 2.81 bits per heavy atom. The van der Waals surface area contributed by atoms with Gasteiger partial charge in [0.2, 0.25) is 0 Å². The van der Waals surface area contributed by atoms with Crippen molar-refractivity contribution in [2.45, 2.75) is 37.6 Å². The number of nitrogens with two attached hydrogens (primary N) is 1. The lowest BCUT2D eigenvalue weighted by Gasteiger charge is -2.24. The highest BCUT2D eigenvalue weighted by Gasteiger charge is 2.23. The third-order valence-corrected chi connectivity index (χ3v) is 3.38. The molecule has 0 atom stereocenters. The molecule has 0 aromatic carbocycles. The Morgan fingerprint density at radius 2 is 2.00 bits per heavy atom. The van der Waals surface area contributed by atoms with Gasteiger partial charge in [-0.05, 0) is 25.7 Å². The first-order valence-electron chi connectivity index (χ1n) is 5.75. The van der Waals surface area contributed by atoms with Gasteiger partial charge in [0, 0.05) is 24.2 Å². The van der Waals surface area contributed by atoms with Gasteiger partial charge in [0.1, 0.15) is 12.2 Å². The summed E-state index contributed by atoms with van der Waals surface area (Å²) in [7, 11) is 0. The van der Waals surface area contributed by atoms with E-state index >= 15 is 0 Å². The highest BCUT2D eigenvalue weighted by molar-refractivity contribution is 5.35. The van der Waals surface area contributed by atoms with Crippen molar-refractivity contribution in [2.24, 2.45) is 5.73 Å². The van der Waals surface area contributed by atoms with E-state index in [9.17, 15) is 0 Å². The molecular formula is C11H15N5. The second-order valence-corrected chi connectivity index (χ2v) is 4.48. The summed E-state index contributed by atoms with van der Waals surface area (Å²) in [6.45, 7) is 0. The molecule has 0 unspecified atom stereocenters. The standard InChI is InChI=1S/C11H15N5/c12-9-3-1-8(2-4-9)11-15-14-10-5-6-13-7-16(10)11/h5-9H,1-4,12H2. The van der Waals surface area contributed by atoms with Crippen molar-refractivity contribution in [3.63, 3.8) is 0 Å². The number of nitrogens with zero attached hydrogens (tertiary/aromatic N) is 4. The van der Waals surface area contributed by atoms with Crippen molar-refractivity contribution in [3.05, 3.63) is 24.4 Å². The van der Waals surface area contributed by atoms with Gasteiger partial charge in [-0.1, -0.05) is 0 Å². The zero-order chi connectivity index (χ0) is 11.0. The first-order valence-corrected chi connectivity index (χ1v) is 5.75. The molecule has 3 rings (SSSR count). The van der Waals surface area contributed by atoms with Crippen LogP contribution in [0.3, 0.4) is 0 Å². The molecule has 16 heavy (non-hydrogen) atoms. The summed E-state index contributed by atoms with van der Waals surface area (Å²) in [4.78, 5) is 4.11. The summed E-state index contributed by atoms with van der Waals surface area (Å²) in [6, 6.07) is 2.25. The van der Waals surface area contributed by atoms with Gasteiger partial charge in [-0.15, -0.1) is 10.2 Å². The average molecular weight is 217 g/mol. The van der Waals surface area contributed by atoms with Gasteiger partial charge in [-0.2, -0.15) is 0 Å². The number of aromatic nitrogens is 4. The van der Waals surface area contributed by atoms with Crippen molar-refractivity contribution in [3.8, 4) is 0 Å². The van der Waals surface area contributed by atoms with Gasteiger partial charge in [0.05, 0.1) is 0 Å². The van der Waals surface area contributed by atoms with Crippen molar-refractivity contribution in [1.82, 2.24) is 19.6 Å². The van der Waals surface area contributed by atoms with Crippen molar-refractivity contribution in [2.75, 3.05) is 0 Å². The molecule has 0 amide bonds. The predicted octanol–water partition coefficient (Wildman–Crippen LogP) is 1.11. The van der Waals surface area contributed by atoms with Crippen LogP contribution in [0.25, 0.3) is 5.65 Å². The van der Waals surface area contributed by atoms with Crippen molar-refractivity contribution < 1.29 is 0 Å². The minimum atomic E-state index is 0.369. The highest BCUT2D eigenvalue weighted by Crippen LogP contribution is 2.30. The van der Waals surface area contributed by atoms with Gasteiger partial charge in [-0.3, -0.25) is 4.40 Å². The van der Waals surface area contributed by atoms with Crippen LogP contribution >= 0.6 is 0 Å². The topological polar surface area (TPSA) is 69.1 Å². The number of rotatable bonds is 1. The van der Waals surface area contributed by atoms with E-state index in [0.29, 0.717) is 12.0 Å². The average Bonchev–Trinajstić information content (AvgIpc) is 2.74. The molecule has 2 aromatic heterocycles. The maximum Gasteiger partial charge on any atom is 0.163 e. The Morgan fingerprint density at radius 1 is 1.19 bits per heavy atom. The minimum Gasteiger partial charge on any atom is -0.328 e. The summed E-state index contributed by atoms with van der Waals surface area (Å²) in [5, 5.41) is 8.43. The van der Waals surface area contributed by atoms with Crippen molar-refractivity contribution >= 4 is 5.65 Å². The van der Waals surface area contributed by atoms with E-state index in [1.807, 2.05) is 10.5 Å². The summed E-state index contributed by atoms with van der Waals surface area (Å²) in [5.74, 6) is 1.52. The second kappa shape index (κ2) is 3.83. The van der Waals surface area contributed by atoms with E-state index in [1.165, 1.54) is 0 Å². The van der Waals surface area contributed by atoms with Gasteiger partial charge in [0.15, 0.2) is 5.65 Å². The van der Waals surface area contributed by atoms with Gasteiger partial charge in [-0.25, -0.2) is 4.98 Å². The normalized spacial score (nSPS) is 26.1. The molecule has 2 heterocycles. The molecule has 0 radical (unpaired) electrons. The van der Waals surface area contributed by atoms with Crippen LogP contribution < -0.4 is 5.73 Å². The first kappa shape index (κ1) is 9.72. The van der Waals surface area contributed by atoms with Crippen LogP contribution in [-0.2, 0) is 0 Å². The molecule has 5 heteroatoms. The molecule has 2 aromatic rings. The van der Waals surface area contributed by atoms with Gasteiger partial charge < -0.3 is 5.73 Å². The zero-order valence-corrected chi connectivity index (χ0v) is 9.08. The summed E-state index contributed by atoms with van der Waals surface area (Å²) < 4.78 is 1.99. The SMILES string of the molecule is NC1CCC(c2nnc3ccncn23)CC1. The smallest absolute Gasteiger partial charge is 0.163 e. The lowest BCUT2D eigenvalue weighted by molar-refractivity contribution is 0.383. The molecule has 1 saturated carbocycles. The van der Waals surface area contributed by atoms with E-state index in [4.69, 9.17) is 5.73 Å². The molecule has 5 nitrogen and oxygen atoms in total. The Balaban J connectivity index is 1.94. The predicted molar refractivity (Wildman–Crippen MR) is 60.0 cm³/mol. The lowest BCUT2D eigenvalue weighted by Crippen LogP contribution is -2.26. The van der Waals surface area contributed by atoms with Gasteiger partial charge in [0.25, 0.3) is 0 Å². The Labute approximate surface area is 93.7 Å². The molecule has 0 saturated heterocycles. The molecule has 1 aliphatic carbocycles. The molecule has 0 aliphatic heterocycles. The van der Waals surface area contributed by atoms with E-state index in [2.05, 4.69) is 15.2 Å². The molecule has 2 N–H and O–H groups in total. The molecule has 0 spiro atoms. The van der Waals surface area contributed by atoms with E-state index in [1.54, 1.807) is 12.5 Å². The Kier molecular flexibility index (Phi) is 2.32. The second-order valence-electron chi connectivity index (χ2n) is 4.48. The van der Waals surface area contributed by atoms with Gasteiger partial charge >= 0.3 is 0 Å². The minimum absolute atomic E-state index is 0.369. The largest absolute Gasteiger partial charge is 0.328 e. The zero-order valence-electron chi connectivity index (χ0n) is 9.08. The van der Waals surface area contributed by atoms with Crippen LogP contribution in [0, 0.1) is 0 Å².